The van der Waals surface area contributed by atoms with Crippen molar-refractivity contribution in [2.45, 2.75) is 20.4 Å². The molecule has 2 aromatic rings. The molecule has 0 radical (unpaired) electrons. The van der Waals surface area contributed by atoms with Crippen molar-refractivity contribution in [2.75, 3.05) is 7.05 Å². The standard InChI is InChI=1S/C16H18N2O2/c1-11-4-5-14(12(2)8-11)10-18(3)16(20)13-6-7-17-15(19)9-13/h4-9H,10H2,1-3H3,(H,17,19). The summed E-state index contributed by atoms with van der Waals surface area (Å²) < 4.78 is 0. The first kappa shape index (κ1) is 14.1. The smallest absolute Gasteiger partial charge is 0.254 e. The number of benzene rings is 1. The Balaban J connectivity index is 2.17. The minimum Gasteiger partial charge on any atom is -0.337 e. The van der Waals surface area contributed by atoms with Gasteiger partial charge < -0.3 is 9.88 Å². The molecule has 0 unspecified atom stereocenters. The second-order valence-corrected chi connectivity index (χ2v) is 5.03. The molecule has 0 aliphatic carbocycles. The SMILES string of the molecule is Cc1ccc(CN(C)C(=O)c2cc[nH]c(=O)c2)c(C)c1. The molecule has 4 nitrogen and oxygen atoms in total. The van der Waals surface area contributed by atoms with Gasteiger partial charge in [-0.25, -0.2) is 0 Å². The number of rotatable bonds is 3. The van der Waals surface area contributed by atoms with Crippen molar-refractivity contribution in [1.29, 1.82) is 0 Å². The van der Waals surface area contributed by atoms with Gasteiger partial charge >= 0.3 is 0 Å². The molecule has 1 aromatic heterocycles. The molecule has 20 heavy (non-hydrogen) atoms. The number of amides is 1. The number of hydrogen-bond acceptors (Lipinski definition) is 2. The van der Waals surface area contributed by atoms with Gasteiger partial charge in [0, 0.05) is 31.4 Å². The van der Waals surface area contributed by atoms with E-state index in [0.717, 1.165) is 11.1 Å². The summed E-state index contributed by atoms with van der Waals surface area (Å²) in [7, 11) is 1.74. The lowest BCUT2D eigenvalue weighted by Gasteiger charge is -2.18. The Bertz CT molecular complexity index is 689. The number of hydrogen-bond donors (Lipinski definition) is 1. The maximum atomic E-state index is 12.3. The fourth-order valence-corrected chi connectivity index (χ4v) is 2.15. The second kappa shape index (κ2) is 5.74. The van der Waals surface area contributed by atoms with Gasteiger partial charge in [-0.3, -0.25) is 9.59 Å². The van der Waals surface area contributed by atoms with Crippen LogP contribution in [0, 0.1) is 13.8 Å². The zero-order valence-corrected chi connectivity index (χ0v) is 11.9. The van der Waals surface area contributed by atoms with Gasteiger partial charge in [-0.2, -0.15) is 0 Å². The minimum absolute atomic E-state index is 0.156. The summed E-state index contributed by atoms with van der Waals surface area (Å²) in [5.41, 5.74) is 3.61. The van der Waals surface area contributed by atoms with Crippen LogP contribution in [-0.2, 0) is 6.54 Å². The van der Waals surface area contributed by atoms with Crippen molar-refractivity contribution in [3.05, 3.63) is 69.1 Å². The molecule has 1 N–H and O–H groups in total. The molecule has 2 rings (SSSR count). The monoisotopic (exact) mass is 270 g/mol. The number of nitrogens with one attached hydrogen (secondary N) is 1. The van der Waals surface area contributed by atoms with Crippen molar-refractivity contribution in [3.63, 3.8) is 0 Å². The van der Waals surface area contributed by atoms with E-state index in [0.29, 0.717) is 12.1 Å². The van der Waals surface area contributed by atoms with E-state index in [9.17, 15) is 9.59 Å². The van der Waals surface area contributed by atoms with E-state index in [1.165, 1.54) is 17.8 Å². The van der Waals surface area contributed by atoms with Gasteiger partial charge in [0.05, 0.1) is 0 Å². The van der Waals surface area contributed by atoms with E-state index < -0.39 is 0 Å². The highest BCUT2D eigenvalue weighted by atomic mass is 16.2. The molecule has 1 amide bonds. The maximum Gasteiger partial charge on any atom is 0.254 e. The molecule has 1 aromatic carbocycles. The van der Waals surface area contributed by atoms with Gasteiger partial charge in [0.2, 0.25) is 5.56 Å². The van der Waals surface area contributed by atoms with Crippen molar-refractivity contribution in [2.24, 2.45) is 0 Å². The highest BCUT2D eigenvalue weighted by Gasteiger charge is 2.13. The van der Waals surface area contributed by atoms with Crippen molar-refractivity contribution in [3.8, 4) is 0 Å². The topological polar surface area (TPSA) is 53.2 Å². The number of aromatic nitrogens is 1. The number of carbonyl (C=O) groups is 1. The van der Waals surface area contributed by atoms with E-state index in [-0.39, 0.29) is 11.5 Å². The summed E-state index contributed by atoms with van der Waals surface area (Å²) >= 11 is 0. The summed E-state index contributed by atoms with van der Waals surface area (Å²) in [6, 6.07) is 9.10. The van der Waals surface area contributed by atoms with E-state index in [4.69, 9.17) is 0 Å². The van der Waals surface area contributed by atoms with Gasteiger partial charge in [0.1, 0.15) is 0 Å². The minimum atomic E-state index is -0.268. The molecule has 0 atom stereocenters. The zero-order chi connectivity index (χ0) is 14.7. The van der Waals surface area contributed by atoms with Crippen molar-refractivity contribution >= 4 is 5.91 Å². The first-order valence-corrected chi connectivity index (χ1v) is 6.47. The third-order valence-electron chi connectivity index (χ3n) is 3.27. The molecule has 0 fully saturated rings. The molecule has 104 valence electrons. The highest BCUT2D eigenvalue weighted by Crippen LogP contribution is 2.13. The van der Waals surface area contributed by atoms with Crippen LogP contribution in [0.3, 0.4) is 0 Å². The van der Waals surface area contributed by atoms with Crippen LogP contribution in [-0.4, -0.2) is 22.8 Å². The Labute approximate surface area is 118 Å². The predicted molar refractivity (Wildman–Crippen MR) is 78.8 cm³/mol. The van der Waals surface area contributed by atoms with Gasteiger partial charge in [-0.05, 0) is 31.0 Å². The second-order valence-electron chi connectivity index (χ2n) is 5.03. The van der Waals surface area contributed by atoms with Gasteiger partial charge in [0.15, 0.2) is 0 Å². The normalized spacial score (nSPS) is 10.3. The van der Waals surface area contributed by atoms with Gasteiger partial charge in [-0.1, -0.05) is 23.8 Å². The molecule has 0 saturated carbocycles. The molecule has 0 bridgehead atoms. The molecule has 0 spiro atoms. The largest absolute Gasteiger partial charge is 0.337 e. The van der Waals surface area contributed by atoms with Crippen LogP contribution >= 0.6 is 0 Å². The predicted octanol–water partition coefficient (Wildman–Crippen LogP) is 2.26. The number of H-pyrrole nitrogens is 1. The maximum absolute atomic E-state index is 12.3. The molecular weight excluding hydrogens is 252 g/mol. The Morgan fingerprint density at radius 2 is 1.95 bits per heavy atom. The lowest BCUT2D eigenvalue weighted by Crippen LogP contribution is -2.27. The third kappa shape index (κ3) is 3.15. The zero-order valence-electron chi connectivity index (χ0n) is 11.9. The lowest BCUT2D eigenvalue weighted by atomic mass is 10.1. The Morgan fingerprint density at radius 3 is 2.60 bits per heavy atom. The van der Waals surface area contributed by atoms with E-state index in [1.807, 2.05) is 26.0 Å². The van der Waals surface area contributed by atoms with Crippen LogP contribution in [0.4, 0.5) is 0 Å². The molecule has 0 saturated heterocycles. The van der Waals surface area contributed by atoms with Crippen LogP contribution in [0.2, 0.25) is 0 Å². The van der Waals surface area contributed by atoms with E-state index >= 15 is 0 Å². The summed E-state index contributed by atoms with van der Waals surface area (Å²) in [6.07, 6.45) is 1.49. The van der Waals surface area contributed by atoms with Crippen LogP contribution in [0.1, 0.15) is 27.0 Å². The van der Waals surface area contributed by atoms with Gasteiger partial charge in [0.25, 0.3) is 5.91 Å². The Kier molecular flexibility index (Phi) is 4.03. The van der Waals surface area contributed by atoms with Crippen LogP contribution in [0.15, 0.2) is 41.3 Å². The van der Waals surface area contributed by atoms with E-state index in [1.54, 1.807) is 18.0 Å². The molecule has 0 aliphatic heterocycles. The quantitative estimate of drug-likeness (QED) is 0.930. The average Bonchev–Trinajstić information content (AvgIpc) is 2.41. The fraction of sp³-hybridized carbons (Fsp3) is 0.250. The molecule has 0 aliphatic rings. The number of aryl methyl sites for hydroxylation is 2. The van der Waals surface area contributed by atoms with Crippen LogP contribution in [0.5, 0.6) is 0 Å². The molecular formula is C16H18N2O2. The number of aromatic amines is 1. The molecule has 4 heteroatoms. The van der Waals surface area contributed by atoms with E-state index in [2.05, 4.69) is 11.1 Å². The molecule has 1 heterocycles. The number of carbonyl (C=O) groups excluding carboxylic acids is 1. The van der Waals surface area contributed by atoms with Crippen LogP contribution in [0.25, 0.3) is 0 Å². The first-order chi connectivity index (χ1) is 9.47. The average molecular weight is 270 g/mol. The van der Waals surface area contributed by atoms with Gasteiger partial charge in [-0.15, -0.1) is 0 Å². The lowest BCUT2D eigenvalue weighted by molar-refractivity contribution is 0.0784. The van der Waals surface area contributed by atoms with Crippen LogP contribution < -0.4 is 5.56 Å². The first-order valence-electron chi connectivity index (χ1n) is 6.47. The van der Waals surface area contributed by atoms with Crippen molar-refractivity contribution < 1.29 is 4.79 Å². The fourth-order valence-electron chi connectivity index (χ4n) is 2.15. The summed E-state index contributed by atoms with van der Waals surface area (Å²) in [5.74, 6) is -0.156. The summed E-state index contributed by atoms with van der Waals surface area (Å²) in [6.45, 7) is 4.60. The Hall–Kier alpha value is -2.36. The third-order valence-corrected chi connectivity index (χ3v) is 3.27. The summed E-state index contributed by atoms with van der Waals surface area (Å²) in [5, 5.41) is 0. The summed E-state index contributed by atoms with van der Waals surface area (Å²) in [4.78, 5) is 27.6. The van der Waals surface area contributed by atoms with Crippen molar-refractivity contribution in [1.82, 2.24) is 9.88 Å². The Morgan fingerprint density at radius 1 is 1.20 bits per heavy atom. The number of pyridine rings is 1. The number of nitrogens with zero attached hydrogens (tertiary/aromatic N) is 1. The highest BCUT2D eigenvalue weighted by molar-refractivity contribution is 5.93.